The molecule has 0 unspecified atom stereocenters. The van der Waals surface area contributed by atoms with Crippen LogP contribution in [-0.2, 0) is 4.79 Å². The number of nitrogens with zero attached hydrogens (tertiary/aromatic N) is 2. The summed E-state index contributed by atoms with van der Waals surface area (Å²) in [7, 11) is 0. The van der Waals surface area contributed by atoms with Crippen LogP contribution >= 0.6 is 11.3 Å². The zero-order chi connectivity index (χ0) is 20.6. The average molecular weight is 417 g/mol. The summed E-state index contributed by atoms with van der Waals surface area (Å²) in [6.07, 6.45) is 3.86. The van der Waals surface area contributed by atoms with Crippen LogP contribution < -0.4 is 10.6 Å². The van der Waals surface area contributed by atoms with Crippen molar-refractivity contribution >= 4 is 29.2 Å². The smallest absolute Gasteiger partial charge is 0.325 e. The van der Waals surface area contributed by atoms with Crippen LogP contribution in [0.4, 0.5) is 4.79 Å². The molecule has 9 heteroatoms. The number of carbonyl (C=O) groups is 3. The first-order valence-electron chi connectivity index (χ1n) is 9.86. The number of imide groups is 1. The summed E-state index contributed by atoms with van der Waals surface area (Å²) in [5, 5.41) is 6.39. The minimum atomic E-state index is -0.680. The lowest BCUT2D eigenvalue weighted by Crippen LogP contribution is -2.44. The van der Waals surface area contributed by atoms with Crippen LogP contribution in [0.1, 0.15) is 53.2 Å². The quantitative estimate of drug-likeness (QED) is 0.556. The first-order valence-corrected chi connectivity index (χ1v) is 10.7. The Hall–Kier alpha value is -2.68. The molecule has 154 valence electrons. The van der Waals surface area contributed by atoms with Gasteiger partial charge in [0.2, 0.25) is 0 Å². The minimum absolute atomic E-state index is 0.122. The van der Waals surface area contributed by atoms with Crippen LogP contribution in [0.3, 0.4) is 0 Å². The second kappa shape index (κ2) is 7.62. The molecule has 4 amide bonds. The van der Waals surface area contributed by atoms with Crippen LogP contribution in [0.15, 0.2) is 16.5 Å². The van der Waals surface area contributed by atoms with E-state index in [4.69, 9.17) is 4.42 Å². The van der Waals surface area contributed by atoms with Gasteiger partial charge in [-0.15, -0.1) is 11.3 Å². The van der Waals surface area contributed by atoms with Crippen LogP contribution in [-0.4, -0.2) is 46.4 Å². The average Bonchev–Trinajstić information content (AvgIpc) is 3.44. The second-order valence-electron chi connectivity index (χ2n) is 7.63. The Morgan fingerprint density at radius 2 is 2.07 bits per heavy atom. The van der Waals surface area contributed by atoms with Gasteiger partial charge >= 0.3 is 6.03 Å². The molecule has 1 aliphatic carbocycles. The summed E-state index contributed by atoms with van der Waals surface area (Å²) >= 11 is 1.29. The number of furan rings is 1. The van der Waals surface area contributed by atoms with Gasteiger partial charge in [0.05, 0.1) is 5.69 Å². The Morgan fingerprint density at radius 3 is 2.76 bits per heavy atom. The number of hydrogen-bond acceptors (Lipinski definition) is 6. The Balaban J connectivity index is 1.30. The second-order valence-corrected chi connectivity index (χ2v) is 8.63. The van der Waals surface area contributed by atoms with Crippen molar-refractivity contribution in [2.24, 2.45) is 0 Å². The van der Waals surface area contributed by atoms with Gasteiger partial charge in [0, 0.05) is 13.1 Å². The van der Waals surface area contributed by atoms with Gasteiger partial charge in [0.1, 0.15) is 16.2 Å². The molecule has 8 nitrogen and oxygen atoms in total. The predicted octanol–water partition coefficient (Wildman–Crippen LogP) is 3.00. The van der Waals surface area contributed by atoms with E-state index in [-0.39, 0.29) is 17.8 Å². The molecule has 1 aliphatic heterocycles. The minimum Gasteiger partial charge on any atom is -0.459 e. The molecule has 0 bridgehead atoms. The van der Waals surface area contributed by atoms with Gasteiger partial charge in [0.15, 0.2) is 10.8 Å². The van der Waals surface area contributed by atoms with E-state index in [2.05, 4.69) is 15.6 Å². The number of urea groups is 1. The van der Waals surface area contributed by atoms with Crippen molar-refractivity contribution in [2.45, 2.75) is 51.5 Å². The first kappa shape index (κ1) is 19.6. The lowest BCUT2D eigenvalue weighted by molar-refractivity contribution is -0.131. The molecule has 0 aromatic carbocycles. The van der Waals surface area contributed by atoms with E-state index in [0.717, 1.165) is 18.6 Å². The normalized spacial score (nSPS) is 17.9. The highest BCUT2D eigenvalue weighted by atomic mass is 32.1. The maximum absolute atomic E-state index is 12.6. The van der Waals surface area contributed by atoms with E-state index < -0.39 is 5.54 Å². The lowest BCUT2D eigenvalue weighted by Gasteiger charge is -2.20. The standard InChI is InChI=1S/C20H24N4O4S/c1-12-6-7-14(28-12)17-22-13(2)15(29-17)16(25)21-10-5-11-24-18(26)20(23-19(24)27)8-3-4-9-20/h6-7H,3-5,8-11H2,1-2H3,(H,21,25)(H,23,27). The highest BCUT2D eigenvalue weighted by Crippen LogP contribution is 2.35. The Labute approximate surface area is 172 Å². The van der Waals surface area contributed by atoms with Gasteiger partial charge in [-0.1, -0.05) is 12.8 Å². The summed E-state index contributed by atoms with van der Waals surface area (Å²) < 4.78 is 5.57. The molecule has 1 spiro atoms. The number of thiazole rings is 1. The predicted molar refractivity (Wildman–Crippen MR) is 108 cm³/mol. The molecular formula is C20H24N4O4S. The third-order valence-electron chi connectivity index (χ3n) is 5.50. The Morgan fingerprint density at radius 1 is 1.31 bits per heavy atom. The topological polar surface area (TPSA) is 105 Å². The van der Waals surface area contributed by atoms with Crippen molar-refractivity contribution in [3.05, 3.63) is 28.5 Å². The van der Waals surface area contributed by atoms with Crippen molar-refractivity contribution in [2.75, 3.05) is 13.1 Å². The summed E-state index contributed by atoms with van der Waals surface area (Å²) in [4.78, 5) is 43.5. The van der Waals surface area contributed by atoms with Crippen molar-refractivity contribution in [1.29, 1.82) is 0 Å². The number of rotatable bonds is 6. The summed E-state index contributed by atoms with van der Waals surface area (Å²) in [6.45, 7) is 4.32. The Kier molecular flexibility index (Phi) is 5.16. The zero-order valence-electron chi connectivity index (χ0n) is 16.5. The number of nitrogens with one attached hydrogen (secondary N) is 2. The molecule has 3 heterocycles. The van der Waals surface area contributed by atoms with E-state index in [1.54, 1.807) is 6.92 Å². The van der Waals surface area contributed by atoms with Crippen LogP contribution in [0, 0.1) is 13.8 Å². The lowest BCUT2D eigenvalue weighted by atomic mass is 9.98. The molecule has 0 radical (unpaired) electrons. The first-order chi connectivity index (χ1) is 13.9. The molecule has 2 aliphatic rings. The fourth-order valence-corrected chi connectivity index (χ4v) is 4.92. The summed E-state index contributed by atoms with van der Waals surface area (Å²) in [5.74, 6) is 1.11. The van der Waals surface area contributed by atoms with E-state index in [0.29, 0.717) is 53.7 Å². The highest BCUT2D eigenvalue weighted by Gasteiger charge is 2.51. The fraction of sp³-hybridized carbons (Fsp3) is 0.500. The Bertz CT molecular complexity index is 958. The summed E-state index contributed by atoms with van der Waals surface area (Å²) in [5.41, 5.74) is -0.0328. The molecule has 2 N–H and O–H groups in total. The molecule has 2 aromatic heterocycles. The van der Waals surface area contributed by atoms with Crippen LogP contribution in [0.2, 0.25) is 0 Å². The third kappa shape index (κ3) is 3.66. The molecule has 0 atom stereocenters. The molecule has 29 heavy (non-hydrogen) atoms. The van der Waals surface area contributed by atoms with E-state index in [9.17, 15) is 14.4 Å². The molecule has 2 aromatic rings. The SMILES string of the molecule is Cc1ccc(-c2nc(C)c(C(=O)NCCCN3C(=O)NC4(CCCC4)C3=O)s2)o1. The number of aryl methyl sites for hydroxylation is 2. The molecule has 4 rings (SSSR count). The molecule has 1 saturated heterocycles. The van der Waals surface area contributed by atoms with Gasteiger partial charge in [-0.05, 0) is 45.2 Å². The van der Waals surface area contributed by atoms with Crippen LogP contribution in [0.25, 0.3) is 10.8 Å². The van der Waals surface area contributed by atoms with Gasteiger partial charge < -0.3 is 15.1 Å². The van der Waals surface area contributed by atoms with Gasteiger partial charge in [-0.25, -0.2) is 9.78 Å². The summed E-state index contributed by atoms with van der Waals surface area (Å²) in [6, 6.07) is 3.38. The monoisotopic (exact) mass is 416 g/mol. The number of carbonyl (C=O) groups excluding carboxylic acids is 3. The zero-order valence-corrected chi connectivity index (χ0v) is 17.4. The van der Waals surface area contributed by atoms with Crippen molar-refractivity contribution in [3.63, 3.8) is 0 Å². The molecular weight excluding hydrogens is 392 g/mol. The van der Waals surface area contributed by atoms with Gasteiger partial charge in [-0.3, -0.25) is 14.5 Å². The molecule has 1 saturated carbocycles. The van der Waals surface area contributed by atoms with E-state index in [1.165, 1.54) is 16.2 Å². The van der Waals surface area contributed by atoms with Crippen molar-refractivity contribution in [1.82, 2.24) is 20.5 Å². The highest BCUT2D eigenvalue weighted by molar-refractivity contribution is 7.17. The largest absolute Gasteiger partial charge is 0.459 e. The van der Waals surface area contributed by atoms with Crippen molar-refractivity contribution in [3.8, 4) is 10.8 Å². The van der Waals surface area contributed by atoms with E-state index >= 15 is 0 Å². The van der Waals surface area contributed by atoms with Gasteiger partial charge in [0.25, 0.3) is 11.8 Å². The maximum Gasteiger partial charge on any atom is 0.325 e. The van der Waals surface area contributed by atoms with E-state index in [1.807, 2.05) is 19.1 Å². The molecule has 2 fully saturated rings. The fourth-order valence-electron chi connectivity index (χ4n) is 3.98. The third-order valence-corrected chi connectivity index (χ3v) is 6.67. The number of hydrogen-bond donors (Lipinski definition) is 2. The van der Waals surface area contributed by atoms with Crippen LogP contribution in [0.5, 0.6) is 0 Å². The maximum atomic E-state index is 12.6. The number of aromatic nitrogens is 1. The van der Waals surface area contributed by atoms with Crippen molar-refractivity contribution < 1.29 is 18.8 Å². The number of amides is 4. The van der Waals surface area contributed by atoms with Gasteiger partial charge in [-0.2, -0.15) is 0 Å².